The number of benzene rings is 1. The van der Waals surface area contributed by atoms with E-state index < -0.39 is 31.8 Å². The van der Waals surface area contributed by atoms with Crippen LogP contribution in [0.5, 0.6) is 0 Å². The van der Waals surface area contributed by atoms with Crippen LogP contribution < -0.4 is 10.0 Å². The Morgan fingerprint density at radius 1 is 1.25 bits per heavy atom. The molecule has 3 aliphatic carbocycles. The van der Waals surface area contributed by atoms with Gasteiger partial charge in [0.25, 0.3) is 15.9 Å². The number of aliphatic hydroxyl groups is 1. The molecule has 10 nitrogen and oxygen atoms in total. The van der Waals surface area contributed by atoms with Gasteiger partial charge < -0.3 is 15.3 Å². The molecule has 2 unspecified atom stereocenters. The molecule has 2 bridgehead atoms. The van der Waals surface area contributed by atoms with E-state index in [1.807, 2.05) is 0 Å². The van der Waals surface area contributed by atoms with E-state index in [0.29, 0.717) is 5.56 Å². The first-order chi connectivity index (χ1) is 18.8. The quantitative estimate of drug-likeness (QED) is 0.442. The van der Waals surface area contributed by atoms with Crippen LogP contribution in [0, 0.1) is 23.6 Å². The van der Waals surface area contributed by atoms with Crippen LogP contribution in [0.15, 0.2) is 44.2 Å². The molecule has 2 aromatic rings. The molecule has 0 spiro atoms. The standard InChI is InChI=1S/C25H26ClFN4O6S3/c1-39(34,35)28-9-15-11-38-24-22(15)40(36,37)30-23(29-24)19-21(32)18-13-3-5-14(6-4-13)20(18)31(25(19)33)10-12-2-7-17(27)16(26)8-12/h2,7-8,11,13-14,18,20,28,32H,3-6,9-10H2,1H3,(H,29,30). The summed E-state index contributed by atoms with van der Waals surface area (Å²) in [6, 6.07) is 3.95. The summed E-state index contributed by atoms with van der Waals surface area (Å²) in [6.07, 6.45) is 4.57. The van der Waals surface area contributed by atoms with Gasteiger partial charge in [-0.05, 0) is 60.6 Å². The first-order valence-electron chi connectivity index (χ1n) is 12.7. The number of thiophene rings is 1. The van der Waals surface area contributed by atoms with Gasteiger partial charge in [-0.3, -0.25) is 4.79 Å². The zero-order chi connectivity index (χ0) is 28.6. The van der Waals surface area contributed by atoms with Crippen molar-refractivity contribution in [3.63, 3.8) is 0 Å². The number of rotatable bonds is 6. The van der Waals surface area contributed by atoms with Crippen LogP contribution in [0.2, 0.25) is 5.02 Å². The molecule has 3 fully saturated rings. The molecule has 3 saturated carbocycles. The van der Waals surface area contributed by atoms with E-state index in [1.54, 1.807) is 11.0 Å². The molecule has 5 aliphatic rings. The van der Waals surface area contributed by atoms with Crippen LogP contribution in [0.3, 0.4) is 0 Å². The Hall–Kier alpha value is -2.52. The second-order valence-corrected chi connectivity index (χ2v) is 15.3. The minimum atomic E-state index is -4.34. The molecule has 1 aromatic carbocycles. The number of anilines is 1. The van der Waals surface area contributed by atoms with Crippen molar-refractivity contribution in [3.8, 4) is 0 Å². The number of aliphatic hydroxyl groups excluding tert-OH is 1. The van der Waals surface area contributed by atoms with Crippen molar-refractivity contribution in [2.24, 2.45) is 22.2 Å². The second-order valence-electron chi connectivity index (χ2n) is 10.7. The zero-order valence-electron chi connectivity index (χ0n) is 21.2. The van der Waals surface area contributed by atoms with E-state index in [4.69, 9.17) is 11.6 Å². The molecular formula is C25H26ClFN4O6S3. The lowest BCUT2D eigenvalue weighted by atomic mass is 9.59. The van der Waals surface area contributed by atoms with Crippen molar-refractivity contribution in [2.45, 2.75) is 49.7 Å². The fourth-order valence-corrected chi connectivity index (χ4v) is 9.75. The summed E-state index contributed by atoms with van der Waals surface area (Å²) < 4.78 is 69.8. The minimum Gasteiger partial charge on any atom is -0.511 e. The number of nitrogens with zero attached hydrogens (tertiary/aromatic N) is 2. The van der Waals surface area contributed by atoms with E-state index in [-0.39, 0.29) is 74.5 Å². The van der Waals surface area contributed by atoms with E-state index >= 15 is 0 Å². The molecule has 3 N–H and O–H groups in total. The van der Waals surface area contributed by atoms with Crippen molar-refractivity contribution >= 4 is 59.7 Å². The molecule has 214 valence electrons. The number of hydrogen-bond donors (Lipinski definition) is 3. The highest BCUT2D eigenvalue weighted by Crippen LogP contribution is 2.52. The van der Waals surface area contributed by atoms with Crippen LogP contribution in [-0.2, 0) is 37.9 Å². The lowest BCUT2D eigenvalue weighted by Crippen LogP contribution is -2.60. The van der Waals surface area contributed by atoms with Crippen LogP contribution in [0.4, 0.5) is 9.39 Å². The highest BCUT2D eigenvalue weighted by molar-refractivity contribution is 7.91. The lowest BCUT2D eigenvalue weighted by Gasteiger charge is -2.54. The first kappa shape index (κ1) is 27.6. The largest absolute Gasteiger partial charge is 0.511 e. The molecular weight excluding hydrogens is 603 g/mol. The average Bonchev–Trinajstić information content (AvgIpc) is 3.31. The molecule has 1 amide bonds. The van der Waals surface area contributed by atoms with Gasteiger partial charge in [0.15, 0.2) is 5.84 Å². The smallest absolute Gasteiger partial charge is 0.287 e. The molecule has 0 radical (unpaired) electrons. The third-order valence-corrected chi connectivity index (χ3v) is 11.6. The number of hydrogen-bond acceptors (Lipinski definition) is 8. The Morgan fingerprint density at radius 2 is 1.95 bits per heavy atom. The van der Waals surface area contributed by atoms with E-state index in [2.05, 4.69) is 14.4 Å². The summed E-state index contributed by atoms with van der Waals surface area (Å²) in [6.45, 7) is -0.143. The molecule has 1 aromatic heterocycles. The number of carbonyl (C=O) groups excluding carboxylic acids is 1. The number of halogens is 2. The molecule has 0 saturated heterocycles. The topological polar surface area (TPSA) is 145 Å². The van der Waals surface area contributed by atoms with Gasteiger partial charge in [0.1, 0.15) is 27.0 Å². The Labute approximate surface area is 240 Å². The van der Waals surface area contributed by atoms with Gasteiger partial charge in [0.05, 0.1) is 11.3 Å². The molecule has 7 rings (SSSR count). The van der Waals surface area contributed by atoms with Crippen LogP contribution in [0.1, 0.15) is 36.8 Å². The fourth-order valence-electron chi connectivity index (χ4n) is 6.53. The third-order valence-electron chi connectivity index (χ3n) is 8.20. The Balaban J connectivity index is 1.41. The highest BCUT2D eigenvalue weighted by atomic mass is 35.5. The molecule has 3 heterocycles. The van der Waals surface area contributed by atoms with Gasteiger partial charge in [-0.25, -0.2) is 17.5 Å². The van der Waals surface area contributed by atoms with Gasteiger partial charge >= 0.3 is 0 Å². The molecule has 40 heavy (non-hydrogen) atoms. The lowest BCUT2D eigenvalue weighted by molar-refractivity contribution is -0.140. The number of nitrogens with one attached hydrogen (secondary N) is 2. The fraction of sp³-hybridized carbons (Fsp3) is 0.440. The van der Waals surface area contributed by atoms with Gasteiger partial charge in [0, 0.05) is 30.6 Å². The Bertz CT molecular complexity index is 1700. The SMILES string of the molecule is CS(=O)(=O)NCc1csc2c1S(=O)(=O)N=C(C1=C(O)C3C4CCC(CC4)C3N(Cc3ccc(F)c(Cl)c3)C1=O)N2. The predicted octanol–water partition coefficient (Wildman–Crippen LogP) is 3.76. The summed E-state index contributed by atoms with van der Waals surface area (Å²) in [7, 11) is -7.92. The molecule has 15 heteroatoms. The summed E-state index contributed by atoms with van der Waals surface area (Å²) in [5.41, 5.74) is 0.615. The Morgan fingerprint density at radius 3 is 2.62 bits per heavy atom. The number of carbonyl (C=O) groups is 1. The third kappa shape index (κ3) is 4.73. The van der Waals surface area contributed by atoms with Gasteiger partial charge in [-0.2, -0.15) is 8.42 Å². The molecule has 2 aliphatic heterocycles. The van der Waals surface area contributed by atoms with Gasteiger partial charge in [-0.1, -0.05) is 17.7 Å². The van der Waals surface area contributed by atoms with E-state index in [1.165, 1.54) is 17.5 Å². The van der Waals surface area contributed by atoms with Gasteiger partial charge in [-0.15, -0.1) is 15.7 Å². The van der Waals surface area contributed by atoms with Crippen molar-refractivity contribution < 1.29 is 31.1 Å². The summed E-state index contributed by atoms with van der Waals surface area (Å²) >= 11 is 7.04. The monoisotopic (exact) mass is 628 g/mol. The summed E-state index contributed by atoms with van der Waals surface area (Å²) in [4.78, 5) is 15.5. The van der Waals surface area contributed by atoms with E-state index in [9.17, 15) is 31.1 Å². The summed E-state index contributed by atoms with van der Waals surface area (Å²) in [5.74, 6) is -1.71. The Kier molecular flexibility index (Phi) is 6.77. The summed E-state index contributed by atoms with van der Waals surface area (Å²) in [5, 5.41) is 16.1. The van der Waals surface area contributed by atoms with Crippen LogP contribution in [0.25, 0.3) is 0 Å². The predicted molar refractivity (Wildman–Crippen MR) is 149 cm³/mol. The second kappa shape index (κ2) is 9.79. The first-order valence-corrected chi connectivity index (χ1v) is 17.3. The number of amidine groups is 1. The minimum absolute atomic E-state index is 0.0712. The molecule has 2 atom stereocenters. The number of fused-ring (bicyclic) bond motifs is 3. The van der Waals surface area contributed by atoms with Crippen LogP contribution >= 0.6 is 22.9 Å². The van der Waals surface area contributed by atoms with Crippen molar-refractivity contribution in [1.29, 1.82) is 0 Å². The van der Waals surface area contributed by atoms with Gasteiger partial charge in [0.2, 0.25) is 10.0 Å². The average molecular weight is 629 g/mol. The maximum absolute atomic E-state index is 14.1. The number of amides is 1. The zero-order valence-corrected chi connectivity index (χ0v) is 24.4. The van der Waals surface area contributed by atoms with E-state index in [0.717, 1.165) is 43.3 Å². The van der Waals surface area contributed by atoms with Crippen LogP contribution in [-0.4, -0.2) is 50.9 Å². The normalized spacial score (nSPS) is 27.2. The highest BCUT2D eigenvalue weighted by Gasteiger charge is 2.54. The number of sulfonamides is 2. The van der Waals surface area contributed by atoms with Crippen molar-refractivity contribution in [2.75, 3.05) is 11.6 Å². The van der Waals surface area contributed by atoms with Crippen molar-refractivity contribution in [3.05, 3.63) is 56.9 Å². The maximum Gasteiger partial charge on any atom is 0.287 e. The maximum atomic E-state index is 14.1. The van der Waals surface area contributed by atoms with Crippen molar-refractivity contribution in [1.82, 2.24) is 9.62 Å².